The third-order valence-corrected chi connectivity index (χ3v) is 6.12. The lowest BCUT2D eigenvalue weighted by molar-refractivity contribution is 0.465. The van der Waals surface area contributed by atoms with E-state index in [2.05, 4.69) is 86.5 Å². The highest BCUT2D eigenvalue weighted by atomic mass is 127. The Morgan fingerprint density at radius 2 is 1.59 bits per heavy atom. The summed E-state index contributed by atoms with van der Waals surface area (Å²) in [6.07, 6.45) is 2.20. The van der Waals surface area contributed by atoms with Crippen molar-refractivity contribution in [2.24, 2.45) is 4.99 Å². The van der Waals surface area contributed by atoms with Crippen LogP contribution in [0.4, 0.5) is 0 Å². The summed E-state index contributed by atoms with van der Waals surface area (Å²) in [5.74, 6) is 1.65. The van der Waals surface area contributed by atoms with E-state index in [-0.39, 0.29) is 0 Å². The van der Waals surface area contributed by atoms with Crippen LogP contribution in [-0.4, -0.2) is 27.7 Å². The average Bonchev–Trinajstić information content (AvgIpc) is 2.66. The van der Waals surface area contributed by atoms with Crippen LogP contribution in [0.15, 0.2) is 53.5 Å². The first-order valence-electron chi connectivity index (χ1n) is 9.55. The van der Waals surface area contributed by atoms with Gasteiger partial charge in [0.2, 0.25) is 0 Å². The number of alkyl halides is 1. The predicted octanol–water partition coefficient (Wildman–Crippen LogP) is 6.38. The maximum atomic E-state index is 8.51. The molecule has 0 amide bonds. The normalized spacial score (nSPS) is 12.9. The zero-order valence-electron chi connectivity index (χ0n) is 17.0. The van der Waals surface area contributed by atoms with Gasteiger partial charge in [-0.05, 0) is 24.8 Å². The number of aryl methyl sites for hydroxylation is 1. The molecule has 1 unspecified atom stereocenters. The summed E-state index contributed by atoms with van der Waals surface area (Å²) in [7, 11) is 2.07. The first-order valence-corrected chi connectivity index (χ1v) is 10.8. The molecule has 0 aliphatic rings. The van der Waals surface area contributed by atoms with Crippen LogP contribution in [0.3, 0.4) is 0 Å². The van der Waals surface area contributed by atoms with Crippen molar-refractivity contribution in [2.45, 2.75) is 50.5 Å². The van der Waals surface area contributed by atoms with E-state index in [0.29, 0.717) is 15.8 Å². The van der Waals surface area contributed by atoms with Crippen LogP contribution in [0.5, 0.6) is 0 Å². The van der Waals surface area contributed by atoms with E-state index in [1.165, 1.54) is 11.1 Å². The lowest BCUT2D eigenvalue weighted by Gasteiger charge is -2.27. The fourth-order valence-corrected chi connectivity index (χ4v) is 3.70. The maximum absolute atomic E-state index is 8.51. The molecule has 1 atom stereocenters. The molecule has 0 radical (unpaired) electrons. The third-order valence-electron chi connectivity index (χ3n) is 4.66. The number of nitrogens with one attached hydrogen (secondary N) is 1. The second-order valence-electron chi connectivity index (χ2n) is 7.26. The fraction of sp³-hybridized carbons (Fsp3) is 0.391. The van der Waals surface area contributed by atoms with Crippen LogP contribution in [0.1, 0.15) is 61.8 Å². The number of hydrogen-bond donors (Lipinski definition) is 1. The molecule has 0 heterocycles. The molecular weight excluding hydrogens is 445 g/mol. The molecule has 1 N–H and O–H groups in total. The van der Waals surface area contributed by atoms with Crippen molar-refractivity contribution in [1.29, 1.82) is 5.41 Å². The van der Waals surface area contributed by atoms with E-state index in [1.54, 1.807) is 0 Å². The van der Waals surface area contributed by atoms with Crippen molar-refractivity contribution in [2.75, 3.05) is 7.05 Å². The molecule has 2 rings (SSSR count). The zero-order valence-corrected chi connectivity index (χ0v) is 19.1. The summed E-state index contributed by atoms with van der Waals surface area (Å²) in [6, 6.07) is 16.6. The van der Waals surface area contributed by atoms with Crippen molar-refractivity contribution < 1.29 is 0 Å². The number of hydrogen-bond acceptors (Lipinski definition) is 1. The molecule has 0 fully saturated rings. The smallest absolute Gasteiger partial charge is 0.154 e. The van der Waals surface area contributed by atoms with Crippen LogP contribution in [0.25, 0.3) is 0 Å². The summed E-state index contributed by atoms with van der Waals surface area (Å²) in [6.45, 7) is 8.65. The van der Waals surface area contributed by atoms with Gasteiger partial charge < -0.3 is 4.90 Å². The summed E-state index contributed by atoms with van der Waals surface area (Å²) < 4.78 is 0.335. The number of aliphatic imine (C=N–C) groups is 1. The Morgan fingerprint density at radius 3 is 2.11 bits per heavy atom. The number of nitrogens with zero attached hydrogens (tertiary/aromatic N) is 2. The fourth-order valence-electron chi connectivity index (χ4n) is 2.81. The molecule has 27 heavy (non-hydrogen) atoms. The van der Waals surface area contributed by atoms with E-state index in [4.69, 9.17) is 10.4 Å². The van der Waals surface area contributed by atoms with Crippen molar-refractivity contribution >= 4 is 34.3 Å². The molecule has 2 aromatic carbocycles. The number of benzene rings is 2. The van der Waals surface area contributed by atoms with Gasteiger partial charge in [0.05, 0.1) is 4.05 Å². The summed E-state index contributed by atoms with van der Waals surface area (Å²) in [5.41, 5.74) is 4.39. The highest BCUT2D eigenvalue weighted by molar-refractivity contribution is 14.1. The van der Waals surface area contributed by atoms with Crippen LogP contribution < -0.4 is 0 Å². The minimum absolute atomic E-state index is 0.296. The van der Waals surface area contributed by atoms with Crippen molar-refractivity contribution in [3.05, 3.63) is 70.8 Å². The van der Waals surface area contributed by atoms with E-state index in [0.717, 1.165) is 29.8 Å². The van der Waals surface area contributed by atoms with Gasteiger partial charge in [-0.3, -0.25) is 5.41 Å². The molecule has 0 aliphatic carbocycles. The molecule has 0 aliphatic heterocycles. The van der Waals surface area contributed by atoms with E-state index < -0.39 is 0 Å². The molecular formula is C23H30IN3. The second-order valence-corrected chi connectivity index (χ2v) is 8.70. The first-order chi connectivity index (χ1) is 12.8. The maximum Gasteiger partial charge on any atom is 0.154 e. The summed E-state index contributed by atoms with van der Waals surface area (Å²) >= 11 is 2.47. The van der Waals surface area contributed by atoms with Crippen molar-refractivity contribution in [1.82, 2.24) is 4.90 Å². The largest absolute Gasteiger partial charge is 0.347 e. The average molecular weight is 475 g/mol. The van der Waals surface area contributed by atoms with Gasteiger partial charge >= 0.3 is 0 Å². The van der Waals surface area contributed by atoms with Gasteiger partial charge in [0, 0.05) is 18.2 Å². The van der Waals surface area contributed by atoms with Gasteiger partial charge in [0.1, 0.15) is 5.84 Å². The molecule has 0 aromatic heterocycles. The minimum atomic E-state index is 0.296. The molecule has 2 aromatic rings. The monoisotopic (exact) mass is 475 g/mol. The van der Waals surface area contributed by atoms with Gasteiger partial charge in [-0.2, -0.15) is 0 Å². The quantitative estimate of drug-likeness (QED) is 0.170. The lowest BCUT2D eigenvalue weighted by atomic mass is 10.0. The van der Waals surface area contributed by atoms with E-state index in [1.807, 2.05) is 24.3 Å². The Hall–Kier alpha value is -1.69. The topological polar surface area (TPSA) is 39.5 Å². The Bertz CT molecular complexity index is 776. The second kappa shape index (κ2) is 10.0. The van der Waals surface area contributed by atoms with E-state index in [9.17, 15) is 0 Å². The molecule has 3 nitrogen and oxygen atoms in total. The minimum Gasteiger partial charge on any atom is -0.347 e. The highest BCUT2D eigenvalue weighted by Gasteiger charge is 2.18. The zero-order chi connectivity index (χ0) is 20.0. The summed E-state index contributed by atoms with van der Waals surface area (Å²) in [5, 5.41) is 8.51. The SMILES string of the molecule is CCCC(I)N(C)/C(=N\C(=N)c1ccc(C)cc1)c1ccc(C(C)C)cc1. The Labute approximate surface area is 177 Å². The first kappa shape index (κ1) is 21.6. The third kappa shape index (κ3) is 5.89. The lowest BCUT2D eigenvalue weighted by Crippen LogP contribution is -2.34. The number of halogens is 1. The van der Waals surface area contributed by atoms with E-state index >= 15 is 0 Å². The number of rotatable bonds is 6. The molecule has 0 spiro atoms. The predicted molar refractivity (Wildman–Crippen MR) is 126 cm³/mol. The number of amidine groups is 2. The molecule has 4 heteroatoms. The van der Waals surface area contributed by atoms with Crippen LogP contribution in [0.2, 0.25) is 0 Å². The Morgan fingerprint density at radius 1 is 1.04 bits per heavy atom. The van der Waals surface area contributed by atoms with Crippen molar-refractivity contribution in [3.63, 3.8) is 0 Å². The van der Waals surface area contributed by atoms with Crippen molar-refractivity contribution in [3.8, 4) is 0 Å². The van der Waals surface area contributed by atoms with Crippen LogP contribution in [-0.2, 0) is 0 Å². The molecule has 144 valence electrons. The van der Waals surface area contributed by atoms with Gasteiger partial charge in [-0.25, -0.2) is 4.99 Å². The molecule has 0 saturated carbocycles. The highest BCUT2D eigenvalue weighted by Crippen LogP contribution is 2.20. The van der Waals surface area contributed by atoms with Gasteiger partial charge in [0.15, 0.2) is 5.84 Å². The Kier molecular flexibility index (Phi) is 8.02. The Balaban J connectivity index is 2.42. The van der Waals surface area contributed by atoms with Gasteiger partial charge in [0.25, 0.3) is 0 Å². The van der Waals surface area contributed by atoms with Crippen LogP contribution >= 0.6 is 22.6 Å². The standard InChI is InChI=1S/C23H30IN3/c1-6-7-21(24)27(5)23(20-14-12-18(13-15-20)16(2)3)26-22(25)19-10-8-17(4)9-11-19/h8-16,21,25H,6-7H2,1-5H3/b25-22?,26-23-. The van der Waals surface area contributed by atoms with Gasteiger partial charge in [-0.15, -0.1) is 0 Å². The van der Waals surface area contributed by atoms with Gasteiger partial charge in [-0.1, -0.05) is 104 Å². The molecule has 0 bridgehead atoms. The van der Waals surface area contributed by atoms with Crippen LogP contribution in [0, 0.1) is 12.3 Å². The molecule has 0 saturated heterocycles. The summed E-state index contributed by atoms with van der Waals surface area (Å²) in [4.78, 5) is 6.94.